The van der Waals surface area contributed by atoms with Crippen LogP contribution in [0.4, 0.5) is 0 Å². The molecule has 0 aromatic heterocycles. The summed E-state index contributed by atoms with van der Waals surface area (Å²) in [5, 5.41) is 0. The smallest absolute Gasteiger partial charge is 0.334 e. The van der Waals surface area contributed by atoms with Gasteiger partial charge in [0.15, 0.2) is 18.5 Å². The van der Waals surface area contributed by atoms with Crippen LogP contribution in [0.25, 0.3) is 0 Å². The quantitative estimate of drug-likeness (QED) is 0.472. The lowest BCUT2D eigenvalue weighted by molar-refractivity contribution is -0.143. The Hall–Kier alpha value is -1.32. The third kappa shape index (κ3) is 1.88. The minimum atomic E-state index is -0.541. The molecule has 1 aliphatic heterocycles. The molecule has 0 saturated carbocycles. The molecule has 0 saturated heterocycles. The van der Waals surface area contributed by atoms with Crippen LogP contribution in [-0.2, 0) is 14.3 Å². The lowest BCUT2D eigenvalue weighted by atomic mass is 10.0. The molecule has 4 heteroatoms. The number of hydrogen-bond acceptors (Lipinski definition) is 4. The number of carbonyl (C=O) groups is 1. The third-order valence-electron chi connectivity index (χ3n) is 2.06. The van der Waals surface area contributed by atoms with E-state index in [1.54, 1.807) is 0 Å². The van der Waals surface area contributed by atoms with Crippen LogP contribution in [0, 0.1) is 0 Å². The maximum atomic E-state index is 11.2. The Morgan fingerprint density at radius 1 is 1.69 bits per heavy atom. The number of ether oxygens (including phenoxy) is 2. The Bertz CT molecular complexity index is 258. The van der Waals surface area contributed by atoms with Crippen LogP contribution >= 0.6 is 0 Å². The maximum absolute atomic E-state index is 11.2. The van der Waals surface area contributed by atoms with Gasteiger partial charge in [0.2, 0.25) is 0 Å². The number of aliphatic imine (C=N–C) groups is 1. The van der Waals surface area contributed by atoms with Crippen LogP contribution in [0.1, 0.15) is 13.8 Å². The van der Waals surface area contributed by atoms with Crippen LogP contribution in [0.2, 0.25) is 0 Å². The standard InChI is InChI=1S/C9H13NO3/c1-4-6(2)8-7(9(11)12-3)10-5-13-8/h4-5,7-8H,1-3H3/b6-4+/t7-,8+/m0/s1. The highest BCUT2D eigenvalue weighted by Crippen LogP contribution is 2.18. The first-order valence-electron chi connectivity index (χ1n) is 4.08. The van der Waals surface area contributed by atoms with Gasteiger partial charge < -0.3 is 9.47 Å². The van der Waals surface area contributed by atoms with Gasteiger partial charge in [-0.25, -0.2) is 9.79 Å². The summed E-state index contributed by atoms with van der Waals surface area (Å²) in [4.78, 5) is 15.1. The number of nitrogens with zero attached hydrogens (tertiary/aromatic N) is 1. The minimum Gasteiger partial charge on any atom is -0.473 e. The Balaban J connectivity index is 2.73. The number of allylic oxidation sites excluding steroid dienone is 1. The monoisotopic (exact) mass is 183 g/mol. The van der Waals surface area contributed by atoms with Crippen molar-refractivity contribution in [3.63, 3.8) is 0 Å². The Kier molecular flexibility index (Phi) is 3.06. The van der Waals surface area contributed by atoms with E-state index >= 15 is 0 Å². The number of carbonyl (C=O) groups excluding carboxylic acids is 1. The number of rotatable bonds is 2. The summed E-state index contributed by atoms with van der Waals surface area (Å²) in [5.74, 6) is -0.361. The summed E-state index contributed by atoms with van der Waals surface area (Å²) < 4.78 is 9.78. The first-order valence-corrected chi connectivity index (χ1v) is 4.08. The molecule has 0 fully saturated rings. The molecule has 0 aromatic carbocycles. The van der Waals surface area contributed by atoms with E-state index < -0.39 is 6.04 Å². The second-order valence-electron chi connectivity index (χ2n) is 2.81. The number of hydrogen-bond donors (Lipinski definition) is 0. The molecule has 0 unspecified atom stereocenters. The Morgan fingerprint density at radius 3 is 2.92 bits per heavy atom. The predicted molar refractivity (Wildman–Crippen MR) is 48.6 cm³/mol. The van der Waals surface area contributed by atoms with Crippen molar-refractivity contribution >= 4 is 12.4 Å². The second kappa shape index (κ2) is 4.07. The fourth-order valence-electron chi connectivity index (χ4n) is 1.14. The third-order valence-corrected chi connectivity index (χ3v) is 2.06. The normalized spacial score (nSPS) is 27.2. The summed E-state index contributed by atoms with van der Waals surface area (Å²) in [5.41, 5.74) is 0.980. The average Bonchev–Trinajstić information content (AvgIpc) is 2.63. The van der Waals surface area contributed by atoms with E-state index in [1.165, 1.54) is 13.5 Å². The molecule has 0 bridgehead atoms. The predicted octanol–water partition coefficient (Wildman–Crippen LogP) is 0.921. The zero-order chi connectivity index (χ0) is 9.84. The first kappa shape index (κ1) is 9.77. The lowest BCUT2D eigenvalue weighted by Crippen LogP contribution is -2.31. The van der Waals surface area contributed by atoms with Crippen molar-refractivity contribution in [3.8, 4) is 0 Å². The van der Waals surface area contributed by atoms with Crippen LogP contribution < -0.4 is 0 Å². The van der Waals surface area contributed by atoms with E-state index in [0.29, 0.717) is 0 Å². The van der Waals surface area contributed by atoms with Crippen LogP contribution in [0.3, 0.4) is 0 Å². The molecule has 0 radical (unpaired) electrons. The van der Waals surface area contributed by atoms with Gasteiger partial charge in [-0.05, 0) is 19.4 Å². The molecule has 72 valence electrons. The van der Waals surface area contributed by atoms with E-state index in [1.807, 2.05) is 19.9 Å². The average molecular weight is 183 g/mol. The van der Waals surface area contributed by atoms with Crippen LogP contribution in [-0.4, -0.2) is 31.6 Å². The molecule has 0 amide bonds. The lowest BCUT2D eigenvalue weighted by Gasteiger charge is -2.15. The van der Waals surface area contributed by atoms with Crippen LogP contribution in [0.5, 0.6) is 0 Å². The molecule has 0 aromatic rings. The molecule has 13 heavy (non-hydrogen) atoms. The summed E-state index contributed by atoms with van der Waals surface area (Å²) in [7, 11) is 1.35. The van der Waals surface area contributed by atoms with Gasteiger partial charge in [0.25, 0.3) is 0 Å². The fraction of sp³-hybridized carbons (Fsp3) is 0.556. The van der Waals surface area contributed by atoms with Crippen molar-refractivity contribution in [2.75, 3.05) is 7.11 Å². The number of esters is 1. The number of methoxy groups -OCH3 is 1. The van der Waals surface area contributed by atoms with Crippen molar-refractivity contribution in [2.24, 2.45) is 4.99 Å². The summed E-state index contributed by atoms with van der Waals surface area (Å²) in [6, 6.07) is -0.541. The van der Waals surface area contributed by atoms with Gasteiger partial charge in [0, 0.05) is 0 Å². The summed E-state index contributed by atoms with van der Waals surface area (Å²) in [6.07, 6.45) is 2.91. The molecule has 2 atom stereocenters. The largest absolute Gasteiger partial charge is 0.473 e. The highest BCUT2D eigenvalue weighted by atomic mass is 16.5. The topological polar surface area (TPSA) is 47.9 Å². The molecular weight excluding hydrogens is 170 g/mol. The molecule has 1 aliphatic rings. The highest BCUT2D eigenvalue weighted by molar-refractivity contribution is 5.80. The van der Waals surface area contributed by atoms with E-state index in [-0.39, 0.29) is 12.1 Å². The zero-order valence-corrected chi connectivity index (χ0v) is 7.98. The minimum absolute atomic E-state index is 0.294. The molecule has 1 heterocycles. The van der Waals surface area contributed by atoms with Crippen molar-refractivity contribution in [2.45, 2.75) is 26.0 Å². The zero-order valence-electron chi connectivity index (χ0n) is 7.98. The Labute approximate surface area is 77.2 Å². The fourth-order valence-corrected chi connectivity index (χ4v) is 1.14. The van der Waals surface area contributed by atoms with E-state index in [9.17, 15) is 4.79 Å². The van der Waals surface area contributed by atoms with Gasteiger partial charge in [-0.1, -0.05) is 6.08 Å². The molecule has 1 rings (SSSR count). The first-order chi connectivity index (χ1) is 6.20. The molecular formula is C9H13NO3. The van der Waals surface area contributed by atoms with Gasteiger partial charge in [0.1, 0.15) is 0 Å². The van der Waals surface area contributed by atoms with Crippen molar-refractivity contribution in [1.29, 1.82) is 0 Å². The highest BCUT2D eigenvalue weighted by Gasteiger charge is 2.34. The van der Waals surface area contributed by atoms with Crippen molar-refractivity contribution < 1.29 is 14.3 Å². The SMILES string of the molecule is C/C=C(\C)[C@H]1OC=N[C@@H]1C(=O)OC. The maximum Gasteiger partial charge on any atom is 0.334 e. The van der Waals surface area contributed by atoms with Crippen LogP contribution in [0.15, 0.2) is 16.6 Å². The van der Waals surface area contributed by atoms with Gasteiger partial charge in [0.05, 0.1) is 7.11 Å². The second-order valence-corrected chi connectivity index (χ2v) is 2.81. The molecule has 0 spiro atoms. The van der Waals surface area contributed by atoms with E-state index in [0.717, 1.165) is 5.57 Å². The molecule has 0 N–H and O–H groups in total. The van der Waals surface area contributed by atoms with Gasteiger partial charge in [-0.3, -0.25) is 0 Å². The summed E-state index contributed by atoms with van der Waals surface area (Å²) >= 11 is 0. The van der Waals surface area contributed by atoms with E-state index in [2.05, 4.69) is 9.73 Å². The van der Waals surface area contributed by atoms with Gasteiger partial charge in [-0.15, -0.1) is 0 Å². The molecule has 0 aliphatic carbocycles. The Morgan fingerprint density at radius 2 is 2.38 bits per heavy atom. The van der Waals surface area contributed by atoms with Gasteiger partial charge in [-0.2, -0.15) is 0 Å². The van der Waals surface area contributed by atoms with Crippen molar-refractivity contribution in [3.05, 3.63) is 11.6 Å². The van der Waals surface area contributed by atoms with Gasteiger partial charge >= 0.3 is 5.97 Å². The van der Waals surface area contributed by atoms with Crippen molar-refractivity contribution in [1.82, 2.24) is 0 Å². The summed E-state index contributed by atoms with van der Waals surface area (Å²) in [6.45, 7) is 3.79. The van der Waals surface area contributed by atoms with E-state index in [4.69, 9.17) is 4.74 Å². The molecule has 4 nitrogen and oxygen atoms in total.